The molecule has 0 atom stereocenters. The molecule has 0 saturated heterocycles. The molecule has 0 amide bonds. The van der Waals surface area contributed by atoms with E-state index >= 15 is 0 Å². The molecule has 4 heteroatoms. The van der Waals surface area contributed by atoms with Gasteiger partial charge in [0.05, 0.1) is 14.2 Å². The molecular formula is C16H18O4. The van der Waals surface area contributed by atoms with Crippen molar-refractivity contribution in [3.05, 3.63) is 47.5 Å². The Labute approximate surface area is 118 Å². The molecule has 0 aliphatic carbocycles. The van der Waals surface area contributed by atoms with Crippen molar-refractivity contribution in [2.75, 3.05) is 14.2 Å². The van der Waals surface area contributed by atoms with Crippen LogP contribution in [0.4, 0.5) is 0 Å². The highest BCUT2D eigenvalue weighted by atomic mass is 16.5. The van der Waals surface area contributed by atoms with Crippen molar-refractivity contribution in [2.24, 2.45) is 0 Å². The normalized spacial score (nSPS) is 10.3. The number of ether oxygens (including phenoxy) is 2. The molecule has 0 aromatic heterocycles. The summed E-state index contributed by atoms with van der Waals surface area (Å²) >= 11 is 0. The van der Waals surface area contributed by atoms with Crippen LogP contribution in [-0.4, -0.2) is 24.4 Å². The monoisotopic (exact) mass is 274 g/mol. The van der Waals surface area contributed by atoms with Gasteiger partial charge in [-0.05, 0) is 36.6 Å². The number of aromatic hydroxyl groups is 2. The van der Waals surface area contributed by atoms with Crippen LogP contribution in [0.3, 0.4) is 0 Å². The summed E-state index contributed by atoms with van der Waals surface area (Å²) in [7, 11) is 3.16. The zero-order chi connectivity index (χ0) is 14.5. The molecule has 106 valence electrons. The van der Waals surface area contributed by atoms with Crippen molar-refractivity contribution >= 4 is 0 Å². The summed E-state index contributed by atoms with van der Waals surface area (Å²) in [5.41, 5.74) is 1.80. The molecule has 0 aliphatic rings. The van der Waals surface area contributed by atoms with Gasteiger partial charge in [-0.2, -0.15) is 0 Å². The van der Waals surface area contributed by atoms with Crippen LogP contribution in [-0.2, 0) is 12.8 Å². The zero-order valence-electron chi connectivity index (χ0n) is 11.6. The lowest BCUT2D eigenvalue weighted by atomic mass is 10.0. The van der Waals surface area contributed by atoms with Gasteiger partial charge in [-0.15, -0.1) is 0 Å². The van der Waals surface area contributed by atoms with E-state index in [1.54, 1.807) is 13.2 Å². The van der Waals surface area contributed by atoms with E-state index in [1.165, 1.54) is 13.2 Å². The lowest BCUT2D eigenvalue weighted by molar-refractivity contribution is 0.382. The molecule has 0 aliphatic heterocycles. The van der Waals surface area contributed by atoms with Gasteiger partial charge in [0, 0.05) is 11.6 Å². The van der Waals surface area contributed by atoms with Gasteiger partial charge in [0.25, 0.3) is 0 Å². The molecule has 0 fully saturated rings. The van der Waals surface area contributed by atoms with Crippen LogP contribution in [0.15, 0.2) is 36.4 Å². The first-order chi connectivity index (χ1) is 9.63. The highest BCUT2D eigenvalue weighted by Crippen LogP contribution is 2.34. The maximum Gasteiger partial charge on any atom is 0.161 e. The summed E-state index contributed by atoms with van der Waals surface area (Å²) in [6, 6.07) is 10.9. The van der Waals surface area contributed by atoms with Crippen molar-refractivity contribution in [3.63, 3.8) is 0 Å². The van der Waals surface area contributed by atoms with Crippen LogP contribution >= 0.6 is 0 Å². The number of rotatable bonds is 5. The maximum absolute atomic E-state index is 9.85. The summed E-state index contributed by atoms with van der Waals surface area (Å²) in [5.74, 6) is 1.11. The summed E-state index contributed by atoms with van der Waals surface area (Å²) in [5, 5.41) is 19.5. The Morgan fingerprint density at radius 1 is 0.850 bits per heavy atom. The van der Waals surface area contributed by atoms with Gasteiger partial charge in [-0.25, -0.2) is 0 Å². The number of phenols is 2. The van der Waals surface area contributed by atoms with E-state index < -0.39 is 0 Å². The first kappa shape index (κ1) is 14.1. The molecule has 0 bridgehead atoms. The van der Waals surface area contributed by atoms with E-state index in [-0.39, 0.29) is 11.5 Å². The average Bonchev–Trinajstić information content (AvgIpc) is 2.49. The number of hydrogen-bond acceptors (Lipinski definition) is 4. The topological polar surface area (TPSA) is 58.9 Å². The van der Waals surface area contributed by atoms with E-state index in [0.717, 1.165) is 17.7 Å². The standard InChI is InChI=1S/C16H18O4/c1-19-13-7-4-11(5-8-13)3-6-12-9-14(20-2)10-15(17)16(12)18/h4-5,7-10,17-18H,3,6H2,1-2H3. The fraction of sp³-hybridized carbons (Fsp3) is 0.250. The van der Waals surface area contributed by atoms with Crippen LogP contribution < -0.4 is 9.47 Å². The SMILES string of the molecule is COc1ccc(CCc2cc(OC)cc(O)c2O)cc1. The van der Waals surface area contributed by atoms with Crippen LogP contribution in [0.1, 0.15) is 11.1 Å². The Kier molecular flexibility index (Phi) is 4.35. The second-order valence-electron chi connectivity index (χ2n) is 4.50. The van der Waals surface area contributed by atoms with Gasteiger partial charge in [0.2, 0.25) is 0 Å². The average molecular weight is 274 g/mol. The highest BCUT2D eigenvalue weighted by molar-refractivity contribution is 5.50. The lowest BCUT2D eigenvalue weighted by Gasteiger charge is -2.09. The quantitative estimate of drug-likeness (QED) is 0.823. The Morgan fingerprint density at radius 3 is 2.10 bits per heavy atom. The van der Waals surface area contributed by atoms with E-state index in [2.05, 4.69) is 0 Å². The maximum atomic E-state index is 9.85. The predicted molar refractivity (Wildman–Crippen MR) is 76.7 cm³/mol. The van der Waals surface area contributed by atoms with E-state index in [9.17, 15) is 10.2 Å². The minimum atomic E-state index is -0.158. The fourth-order valence-corrected chi connectivity index (χ4v) is 2.03. The Bertz CT molecular complexity index is 576. The Hall–Kier alpha value is -2.36. The fourth-order valence-electron chi connectivity index (χ4n) is 2.03. The van der Waals surface area contributed by atoms with Crippen molar-refractivity contribution in [3.8, 4) is 23.0 Å². The lowest BCUT2D eigenvalue weighted by Crippen LogP contribution is -1.94. The molecule has 0 saturated carbocycles. The van der Waals surface area contributed by atoms with Crippen molar-refractivity contribution in [1.82, 2.24) is 0 Å². The van der Waals surface area contributed by atoms with E-state index in [4.69, 9.17) is 9.47 Å². The molecule has 0 spiro atoms. The number of methoxy groups -OCH3 is 2. The molecule has 2 rings (SSSR count). The van der Waals surface area contributed by atoms with Gasteiger partial charge in [0.15, 0.2) is 11.5 Å². The molecular weight excluding hydrogens is 256 g/mol. The molecule has 0 heterocycles. The number of phenolic OH excluding ortho intramolecular Hbond substituents is 2. The number of hydrogen-bond donors (Lipinski definition) is 2. The summed E-state index contributed by atoms with van der Waals surface area (Å²) < 4.78 is 10.2. The summed E-state index contributed by atoms with van der Waals surface area (Å²) in [6.45, 7) is 0. The number of aryl methyl sites for hydroxylation is 2. The van der Waals surface area contributed by atoms with Crippen molar-refractivity contribution < 1.29 is 19.7 Å². The van der Waals surface area contributed by atoms with Crippen LogP contribution in [0.2, 0.25) is 0 Å². The van der Waals surface area contributed by atoms with Crippen molar-refractivity contribution in [1.29, 1.82) is 0 Å². The summed E-state index contributed by atoms with van der Waals surface area (Å²) in [4.78, 5) is 0. The van der Waals surface area contributed by atoms with Crippen LogP contribution in [0.25, 0.3) is 0 Å². The van der Waals surface area contributed by atoms with E-state index in [0.29, 0.717) is 17.7 Å². The van der Waals surface area contributed by atoms with Crippen LogP contribution in [0.5, 0.6) is 23.0 Å². The first-order valence-electron chi connectivity index (χ1n) is 6.36. The zero-order valence-corrected chi connectivity index (χ0v) is 11.6. The first-order valence-corrected chi connectivity index (χ1v) is 6.36. The third-order valence-electron chi connectivity index (χ3n) is 3.22. The van der Waals surface area contributed by atoms with Gasteiger partial charge in [-0.1, -0.05) is 12.1 Å². The molecule has 0 unspecified atom stereocenters. The predicted octanol–water partition coefficient (Wildman–Crippen LogP) is 2.90. The molecule has 20 heavy (non-hydrogen) atoms. The van der Waals surface area contributed by atoms with Gasteiger partial charge in [-0.3, -0.25) is 0 Å². The van der Waals surface area contributed by atoms with Crippen LogP contribution in [0, 0.1) is 0 Å². The number of benzene rings is 2. The van der Waals surface area contributed by atoms with Gasteiger partial charge < -0.3 is 19.7 Å². The second kappa shape index (κ2) is 6.19. The minimum Gasteiger partial charge on any atom is -0.504 e. The molecule has 4 nitrogen and oxygen atoms in total. The third kappa shape index (κ3) is 3.15. The Balaban J connectivity index is 2.11. The summed E-state index contributed by atoms with van der Waals surface area (Å²) in [6.07, 6.45) is 1.37. The third-order valence-corrected chi connectivity index (χ3v) is 3.22. The smallest absolute Gasteiger partial charge is 0.161 e. The minimum absolute atomic E-state index is 0.0840. The largest absolute Gasteiger partial charge is 0.504 e. The van der Waals surface area contributed by atoms with E-state index in [1.807, 2.05) is 24.3 Å². The molecule has 0 radical (unpaired) electrons. The van der Waals surface area contributed by atoms with Gasteiger partial charge >= 0.3 is 0 Å². The Morgan fingerprint density at radius 2 is 1.50 bits per heavy atom. The second-order valence-corrected chi connectivity index (χ2v) is 4.50. The highest BCUT2D eigenvalue weighted by Gasteiger charge is 2.09. The van der Waals surface area contributed by atoms with Crippen molar-refractivity contribution in [2.45, 2.75) is 12.8 Å². The molecule has 2 N–H and O–H groups in total. The van der Waals surface area contributed by atoms with Gasteiger partial charge in [0.1, 0.15) is 11.5 Å². The molecule has 2 aromatic carbocycles. The molecule has 2 aromatic rings.